The standard InChI is InChI=1S/C21H21F2N3O2/c1-12-14(4-3-5-16(12)22)21(19(27)26-28)9-8-20(2,11-21)15-7-6-13-10-24-25-18(13)17(15)23/h3-7,10,28H,8-9,11H2,1-2H3,(H,24,25)(H,26,27)/t20-,21+/m1/s1. The van der Waals surface area contributed by atoms with Crippen molar-refractivity contribution < 1.29 is 18.8 Å². The third-order valence-corrected chi connectivity index (χ3v) is 6.32. The first kappa shape index (κ1) is 18.6. The quantitative estimate of drug-likeness (QED) is 0.470. The lowest BCUT2D eigenvalue weighted by atomic mass is 9.71. The fourth-order valence-electron chi connectivity index (χ4n) is 4.79. The lowest BCUT2D eigenvalue weighted by molar-refractivity contribution is -0.135. The number of halogens is 2. The van der Waals surface area contributed by atoms with Crippen LogP contribution in [0.3, 0.4) is 0 Å². The van der Waals surface area contributed by atoms with Gasteiger partial charge in [0.05, 0.1) is 11.6 Å². The van der Waals surface area contributed by atoms with E-state index in [0.717, 1.165) is 0 Å². The van der Waals surface area contributed by atoms with Crippen molar-refractivity contribution in [2.75, 3.05) is 0 Å². The molecule has 146 valence electrons. The molecule has 1 aliphatic rings. The number of rotatable bonds is 3. The maximum absolute atomic E-state index is 15.2. The smallest absolute Gasteiger partial charge is 0.254 e. The SMILES string of the molecule is Cc1c(F)cccc1[C@]1(C(=O)NO)CC[C@@](C)(c2ccc3cn[nH]c3c2F)C1. The summed E-state index contributed by atoms with van der Waals surface area (Å²) in [6.07, 6.45) is 2.67. The van der Waals surface area contributed by atoms with E-state index in [1.54, 1.807) is 42.9 Å². The Kier molecular flexibility index (Phi) is 4.23. The largest absolute Gasteiger partial charge is 0.289 e. The first-order valence-electron chi connectivity index (χ1n) is 9.15. The third kappa shape index (κ3) is 2.53. The van der Waals surface area contributed by atoms with E-state index in [2.05, 4.69) is 10.2 Å². The average molecular weight is 385 g/mol. The van der Waals surface area contributed by atoms with Gasteiger partial charge in [-0.05, 0) is 54.4 Å². The molecule has 0 aliphatic heterocycles. The highest BCUT2D eigenvalue weighted by atomic mass is 19.1. The number of H-pyrrole nitrogens is 1. The molecule has 1 fully saturated rings. The highest BCUT2D eigenvalue weighted by Crippen LogP contribution is 2.53. The van der Waals surface area contributed by atoms with Crippen LogP contribution >= 0.6 is 0 Å². The van der Waals surface area contributed by atoms with E-state index in [9.17, 15) is 14.4 Å². The van der Waals surface area contributed by atoms with Crippen LogP contribution in [-0.4, -0.2) is 21.3 Å². The van der Waals surface area contributed by atoms with Crippen LogP contribution in [0.1, 0.15) is 42.9 Å². The first-order chi connectivity index (χ1) is 13.3. The number of amides is 1. The van der Waals surface area contributed by atoms with Gasteiger partial charge in [0.15, 0.2) is 5.82 Å². The number of nitrogens with zero attached hydrogens (tertiary/aromatic N) is 1. The van der Waals surface area contributed by atoms with Crippen LogP contribution in [0.4, 0.5) is 8.78 Å². The molecule has 1 amide bonds. The minimum atomic E-state index is -1.15. The summed E-state index contributed by atoms with van der Waals surface area (Å²) in [5.41, 5.74) is 1.61. The molecule has 0 unspecified atom stereocenters. The highest BCUT2D eigenvalue weighted by molar-refractivity contribution is 5.89. The molecule has 0 spiro atoms. The minimum absolute atomic E-state index is 0.243. The first-order valence-corrected chi connectivity index (χ1v) is 9.15. The second kappa shape index (κ2) is 6.38. The molecule has 1 aliphatic carbocycles. The molecule has 0 saturated heterocycles. The number of hydrogen-bond acceptors (Lipinski definition) is 3. The van der Waals surface area contributed by atoms with Gasteiger partial charge in [-0.3, -0.25) is 15.1 Å². The second-order valence-corrected chi connectivity index (χ2v) is 7.93. The lowest BCUT2D eigenvalue weighted by Gasteiger charge is -2.32. The normalized spacial score (nSPS) is 24.6. The molecule has 1 heterocycles. The zero-order valence-corrected chi connectivity index (χ0v) is 15.6. The Morgan fingerprint density at radius 2 is 2.00 bits per heavy atom. The Morgan fingerprint density at radius 3 is 2.75 bits per heavy atom. The van der Waals surface area contributed by atoms with E-state index in [0.29, 0.717) is 40.4 Å². The Bertz CT molecular complexity index is 1080. The number of hydroxylamine groups is 1. The number of carbonyl (C=O) groups is 1. The van der Waals surface area contributed by atoms with Gasteiger partial charge in [-0.1, -0.05) is 31.2 Å². The third-order valence-electron chi connectivity index (χ3n) is 6.32. The predicted octanol–water partition coefficient (Wildman–Crippen LogP) is 4.03. The summed E-state index contributed by atoms with van der Waals surface area (Å²) in [6, 6.07) is 8.11. The molecular weight excluding hydrogens is 364 g/mol. The molecule has 3 N–H and O–H groups in total. The highest BCUT2D eigenvalue weighted by Gasteiger charge is 2.53. The summed E-state index contributed by atoms with van der Waals surface area (Å²) < 4.78 is 29.4. The number of benzene rings is 2. The van der Waals surface area contributed by atoms with Crippen molar-refractivity contribution in [3.63, 3.8) is 0 Å². The summed E-state index contributed by atoms with van der Waals surface area (Å²) in [6.45, 7) is 3.51. The van der Waals surface area contributed by atoms with Gasteiger partial charge in [0.2, 0.25) is 0 Å². The number of fused-ring (bicyclic) bond motifs is 1. The van der Waals surface area contributed by atoms with E-state index in [1.807, 2.05) is 6.92 Å². The van der Waals surface area contributed by atoms with Gasteiger partial charge in [0.1, 0.15) is 11.3 Å². The topological polar surface area (TPSA) is 78.0 Å². The molecule has 7 heteroatoms. The zero-order valence-electron chi connectivity index (χ0n) is 15.6. The summed E-state index contributed by atoms with van der Waals surface area (Å²) in [7, 11) is 0. The van der Waals surface area contributed by atoms with Crippen LogP contribution in [-0.2, 0) is 15.6 Å². The van der Waals surface area contributed by atoms with Gasteiger partial charge < -0.3 is 0 Å². The Labute approximate surface area is 160 Å². The predicted molar refractivity (Wildman–Crippen MR) is 100.0 cm³/mol. The summed E-state index contributed by atoms with van der Waals surface area (Å²) in [5, 5.41) is 16.6. The lowest BCUT2D eigenvalue weighted by Crippen LogP contribution is -2.43. The molecule has 2 atom stereocenters. The number of aromatic amines is 1. The van der Waals surface area contributed by atoms with E-state index >= 15 is 4.39 Å². The van der Waals surface area contributed by atoms with E-state index in [1.165, 1.54) is 6.07 Å². The van der Waals surface area contributed by atoms with Gasteiger partial charge in [0, 0.05) is 5.39 Å². The van der Waals surface area contributed by atoms with Crippen molar-refractivity contribution in [2.45, 2.75) is 43.9 Å². The minimum Gasteiger partial charge on any atom is -0.289 e. The van der Waals surface area contributed by atoms with E-state index in [4.69, 9.17) is 0 Å². The fourth-order valence-corrected chi connectivity index (χ4v) is 4.79. The van der Waals surface area contributed by atoms with Crippen molar-refractivity contribution in [2.24, 2.45) is 0 Å². The van der Waals surface area contributed by atoms with Gasteiger partial charge in [-0.25, -0.2) is 14.3 Å². The van der Waals surface area contributed by atoms with Crippen LogP contribution in [0.15, 0.2) is 36.5 Å². The van der Waals surface area contributed by atoms with Crippen LogP contribution in [0.5, 0.6) is 0 Å². The van der Waals surface area contributed by atoms with Crippen LogP contribution < -0.4 is 5.48 Å². The number of carbonyl (C=O) groups excluding carboxylic acids is 1. The second-order valence-electron chi connectivity index (χ2n) is 7.93. The number of nitrogens with one attached hydrogen (secondary N) is 2. The average Bonchev–Trinajstić information content (AvgIpc) is 3.30. The van der Waals surface area contributed by atoms with Crippen LogP contribution in [0.2, 0.25) is 0 Å². The molecule has 2 aromatic carbocycles. The van der Waals surface area contributed by atoms with Crippen molar-refractivity contribution in [3.05, 3.63) is 64.9 Å². The molecule has 0 bridgehead atoms. The Morgan fingerprint density at radius 1 is 1.21 bits per heavy atom. The van der Waals surface area contributed by atoms with E-state index in [-0.39, 0.29) is 6.42 Å². The molecule has 1 saturated carbocycles. The number of aromatic nitrogens is 2. The van der Waals surface area contributed by atoms with Gasteiger partial charge in [0.25, 0.3) is 5.91 Å². The molecule has 3 aromatic rings. The maximum atomic E-state index is 15.2. The number of hydrogen-bond donors (Lipinski definition) is 3. The van der Waals surface area contributed by atoms with Crippen LogP contribution in [0, 0.1) is 18.6 Å². The molecular formula is C21H21F2N3O2. The van der Waals surface area contributed by atoms with Crippen molar-refractivity contribution >= 4 is 16.8 Å². The maximum Gasteiger partial charge on any atom is 0.254 e. The molecule has 0 radical (unpaired) electrons. The zero-order chi connectivity index (χ0) is 20.1. The summed E-state index contributed by atoms with van der Waals surface area (Å²) in [4.78, 5) is 12.8. The molecule has 4 rings (SSSR count). The van der Waals surface area contributed by atoms with Gasteiger partial charge >= 0.3 is 0 Å². The molecule has 1 aromatic heterocycles. The van der Waals surface area contributed by atoms with Crippen molar-refractivity contribution in [3.8, 4) is 0 Å². The monoisotopic (exact) mass is 385 g/mol. The summed E-state index contributed by atoms with van der Waals surface area (Å²) in [5.74, 6) is -1.41. The van der Waals surface area contributed by atoms with E-state index < -0.39 is 28.4 Å². The van der Waals surface area contributed by atoms with Gasteiger partial charge in [-0.2, -0.15) is 5.10 Å². The van der Waals surface area contributed by atoms with Crippen molar-refractivity contribution in [1.29, 1.82) is 0 Å². The summed E-state index contributed by atoms with van der Waals surface area (Å²) >= 11 is 0. The Balaban J connectivity index is 1.85. The Hall–Kier alpha value is -2.80. The fraction of sp³-hybridized carbons (Fsp3) is 0.333. The van der Waals surface area contributed by atoms with Crippen molar-refractivity contribution in [1.82, 2.24) is 15.7 Å². The van der Waals surface area contributed by atoms with Crippen LogP contribution in [0.25, 0.3) is 10.9 Å². The molecule has 5 nitrogen and oxygen atoms in total. The van der Waals surface area contributed by atoms with Gasteiger partial charge in [-0.15, -0.1) is 0 Å². The molecule has 28 heavy (non-hydrogen) atoms.